The van der Waals surface area contributed by atoms with Crippen LogP contribution in [0, 0.1) is 5.92 Å². The topological polar surface area (TPSA) is 35.5 Å². The maximum absolute atomic E-state index is 11.9. The first-order valence-electron chi connectivity index (χ1n) is 5.45. The summed E-state index contributed by atoms with van der Waals surface area (Å²) in [4.78, 5) is 11.9. The molecule has 0 amide bonds. The van der Waals surface area contributed by atoms with Crippen molar-refractivity contribution in [3.05, 3.63) is 29.8 Å². The lowest BCUT2D eigenvalue weighted by Gasteiger charge is -2.10. The molecule has 0 aliphatic rings. The highest BCUT2D eigenvalue weighted by molar-refractivity contribution is 5.97. The van der Waals surface area contributed by atoms with Gasteiger partial charge in [0, 0.05) is 18.1 Å². The minimum absolute atomic E-state index is 0.103. The Morgan fingerprint density at radius 3 is 2.44 bits per heavy atom. The molecule has 16 heavy (non-hydrogen) atoms. The number of ketones is 1. The number of carbonyl (C=O) groups excluding carboxylic acids is 1. The Bertz CT molecular complexity index is 330. The maximum Gasteiger partial charge on any atom is 0.167 e. The van der Waals surface area contributed by atoms with Gasteiger partial charge >= 0.3 is 0 Å². The van der Waals surface area contributed by atoms with Crippen molar-refractivity contribution in [2.45, 2.75) is 13.8 Å². The first-order chi connectivity index (χ1) is 7.69. The van der Waals surface area contributed by atoms with Crippen molar-refractivity contribution in [3.8, 4) is 5.75 Å². The highest BCUT2D eigenvalue weighted by Crippen LogP contribution is 2.14. The maximum atomic E-state index is 11.9. The zero-order valence-corrected chi connectivity index (χ0v) is 10.0. The summed E-state index contributed by atoms with van der Waals surface area (Å²) < 4.78 is 10.3. The van der Waals surface area contributed by atoms with Crippen LogP contribution in [-0.2, 0) is 4.74 Å². The summed E-state index contributed by atoms with van der Waals surface area (Å²) in [7, 11) is 1.61. The molecule has 0 aliphatic heterocycles. The molecule has 0 saturated heterocycles. The number of rotatable bonds is 6. The second-order valence-electron chi connectivity index (χ2n) is 3.65. The van der Waals surface area contributed by atoms with Gasteiger partial charge in [-0.25, -0.2) is 0 Å². The number of carbonyl (C=O) groups is 1. The SMILES string of the molecule is CCOCC(C)C(=O)c1ccc(OC)cc1. The average molecular weight is 222 g/mol. The lowest BCUT2D eigenvalue weighted by Crippen LogP contribution is -2.17. The van der Waals surface area contributed by atoms with Gasteiger partial charge in [-0.05, 0) is 31.2 Å². The molecule has 0 spiro atoms. The molecular weight excluding hydrogens is 204 g/mol. The van der Waals surface area contributed by atoms with E-state index in [0.29, 0.717) is 18.8 Å². The van der Waals surface area contributed by atoms with Crippen molar-refractivity contribution < 1.29 is 14.3 Å². The predicted molar refractivity (Wildman–Crippen MR) is 63.0 cm³/mol. The third-order valence-electron chi connectivity index (χ3n) is 2.39. The molecule has 1 atom stereocenters. The van der Waals surface area contributed by atoms with E-state index in [2.05, 4.69) is 0 Å². The van der Waals surface area contributed by atoms with E-state index in [-0.39, 0.29) is 11.7 Å². The molecule has 1 aromatic carbocycles. The molecular formula is C13H18O3. The van der Waals surface area contributed by atoms with Gasteiger partial charge in [0.2, 0.25) is 0 Å². The highest BCUT2D eigenvalue weighted by atomic mass is 16.5. The standard InChI is InChI=1S/C13H18O3/c1-4-16-9-10(2)13(14)11-5-7-12(15-3)8-6-11/h5-8,10H,4,9H2,1-3H3. The fourth-order valence-electron chi connectivity index (χ4n) is 1.41. The van der Waals surface area contributed by atoms with Gasteiger partial charge in [-0.2, -0.15) is 0 Å². The monoisotopic (exact) mass is 222 g/mol. The van der Waals surface area contributed by atoms with Gasteiger partial charge in [0.25, 0.3) is 0 Å². The molecule has 88 valence electrons. The Kier molecular flexibility index (Phi) is 4.99. The smallest absolute Gasteiger partial charge is 0.167 e. The lowest BCUT2D eigenvalue weighted by atomic mass is 10.0. The van der Waals surface area contributed by atoms with Crippen molar-refractivity contribution in [2.75, 3.05) is 20.3 Å². The van der Waals surface area contributed by atoms with Crippen LogP contribution in [0.15, 0.2) is 24.3 Å². The summed E-state index contributed by atoms with van der Waals surface area (Å²) in [5.74, 6) is 0.762. The summed E-state index contributed by atoms with van der Waals surface area (Å²) in [6, 6.07) is 7.15. The Hall–Kier alpha value is -1.35. The van der Waals surface area contributed by atoms with E-state index in [1.54, 1.807) is 31.4 Å². The molecule has 1 aromatic rings. The van der Waals surface area contributed by atoms with E-state index in [1.165, 1.54) is 0 Å². The van der Waals surface area contributed by atoms with Crippen LogP contribution in [0.4, 0.5) is 0 Å². The zero-order valence-electron chi connectivity index (χ0n) is 10.0. The molecule has 0 aliphatic carbocycles. The summed E-state index contributed by atoms with van der Waals surface area (Å²) in [6.45, 7) is 4.91. The van der Waals surface area contributed by atoms with Crippen LogP contribution in [0.2, 0.25) is 0 Å². The van der Waals surface area contributed by atoms with Gasteiger partial charge < -0.3 is 9.47 Å². The van der Waals surface area contributed by atoms with E-state index < -0.39 is 0 Å². The van der Waals surface area contributed by atoms with Gasteiger partial charge in [0.15, 0.2) is 5.78 Å². The molecule has 1 unspecified atom stereocenters. The van der Waals surface area contributed by atoms with E-state index in [1.807, 2.05) is 13.8 Å². The van der Waals surface area contributed by atoms with Crippen LogP contribution in [0.25, 0.3) is 0 Å². The van der Waals surface area contributed by atoms with Crippen molar-refractivity contribution in [3.63, 3.8) is 0 Å². The van der Waals surface area contributed by atoms with Gasteiger partial charge in [-0.1, -0.05) is 6.92 Å². The predicted octanol–water partition coefficient (Wildman–Crippen LogP) is 2.55. The van der Waals surface area contributed by atoms with E-state index >= 15 is 0 Å². The summed E-state index contributed by atoms with van der Waals surface area (Å²) in [5, 5.41) is 0. The molecule has 0 radical (unpaired) electrons. The average Bonchev–Trinajstić information content (AvgIpc) is 2.35. The minimum Gasteiger partial charge on any atom is -0.497 e. The highest BCUT2D eigenvalue weighted by Gasteiger charge is 2.14. The van der Waals surface area contributed by atoms with Gasteiger partial charge in [0.1, 0.15) is 5.75 Å². The summed E-state index contributed by atoms with van der Waals surface area (Å²) >= 11 is 0. The van der Waals surface area contributed by atoms with Gasteiger partial charge in [-0.15, -0.1) is 0 Å². The summed E-state index contributed by atoms with van der Waals surface area (Å²) in [6.07, 6.45) is 0. The molecule has 3 heteroatoms. The number of hydrogen-bond donors (Lipinski definition) is 0. The Morgan fingerprint density at radius 2 is 1.94 bits per heavy atom. The van der Waals surface area contributed by atoms with Gasteiger partial charge in [-0.3, -0.25) is 4.79 Å². The number of benzene rings is 1. The molecule has 3 nitrogen and oxygen atoms in total. The first-order valence-corrected chi connectivity index (χ1v) is 5.45. The number of Topliss-reactive ketones (excluding diaryl/α,β-unsaturated/α-hetero) is 1. The minimum atomic E-state index is -0.103. The third kappa shape index (κ3) is 3.35. The van der Waals surface area contributed by atoms with E-state index in [9.17, 15) is 4.79 Å². The fraction of sp³-hybridized carbons (Fsp3) is 0.462. The molecule has 0 bridgehead atoms. The van der Waals surface area contributed by atoms with Gasteiger partial charge in [0.05, 0.1) is 13.7 Å². The largest absolute Gasteiger partial charge is 0.497 e. The Labute approximate surface area is 96.4 Å². The Balaban J connectivity index is 2.64. The van der Waals surface area contributed by atoms with Crippen LogP contribution in [0.5, 0.6) is 5.75 Å². The van der Waals surface area contributed by atoms with E-state index in [4.69, 9.17) is 9.47 Å². The Morgan fingerprint density at radius 1 is 1.31 bits per heavy atom. The van der Waals surface area contributed by atoms with Crippen LogP contribution in [-0.4, -0.2) is 26.1 Å². The van der Waals surface area contributed by atoms with Crippen molar-refractivity contribution >= 4 is 5.78 Å². The fourth-order valence-corrected chi connectivity index (χ4v) is 1.41. The number of ether oxygens (including phenoxy) is 2. The van der Waals surface area contributed by atoms with Crippen LogP contribution in [0.1, 0.15) is 24.2 Å². The first kappa shape index (κ1) is 12.7. The molecule has 0 N–H and O–H groups in total. The molecule has 0 heterocycles. The van der Waals surface area contributed by atoms with E-state index in [0.717, 1.165) is 5.75 Å². The van der Waals surface area contributed by atoms with Crippen LogP contribution >= 0.6 is 0 Å². The molecule has 0 saturated carbocycles. The quantitative estimate of drug-likeness (QED) is 0.694. The normalized spacial score (nSPS) is 12.2. The summed E-state index contributed by atoms with van der Waals surface area (Å²) in [5.41, 5.74) is 0.702. The van der Waals surface area contributed by atoms with Crippen LogP contribution < -0.4 is 4.74 Å². The molecule has 0 fully saturated rings. The van der Waals surface area contributed by atoms with Crippen molar-refractivity contribution in [1.82, 2.24) is 0 Å². The van der Waals surface area contributed by atoms with Crippen molar-refractivity contribution in [1.29, 1.82) is 0 Å². The van der Waals surface area contributed by atoms with Crippen LogP contribution in [0.3, 0.4) is 0 Å². The molecule has 0 aromatic heterocycles. The zero-order chi connectivity index (χ0) is 12.0. The second kappa shape index (κ2) is 6.28. The number of methoxy groups -OCH3 is 1. The third-order valence-corrected chi connectivity index (χ3v) is 2.39. The molecule has 1 rings (SSSR count). The number of hydrogen-bond acceptors (Lipinski definition) is 3. The van der Waals surface area contributed by atoms with Crippen molar-refractivity contribution in [2.24, 2.45) is 5.92 Å². The second-order valence-corrected chi connectivity index (χ2v) is 3.65. The lowest BCUT2D eigenvalue weighted by molar-refractivity contribution is 0.0762.